The number of imidazole rings is 1. The molecule has 170 valence electrons. The molecule has 0 aliphatic heterocycles. The molecule has 0 amide bonds. The Morgan fingerprint density at radius 1 is 0.971 bits per heavy atom. The van der Waals surface area contributed by atoms with Crippen molar-refractivity contribution in [2.24, 2.45) is 0 Å². The molecule has 0 bridgehead atoms. The minimum Gasteiger partial charge on any atom is -0.291 e. The molecule has 6 rings (SSSR count). The Morgan fingerprint density at radius 2 is 1.89 bits per heavy atom. The second-order valence-electron chi connectivity index (χ2n) is 9.04. The van der Waals surface area contributed by atoms with Gasteiger partial charge < -0.3 is 0 Å². The van der Waals surface area contributed by atoms with Crippen LogP contribution < -0.4 is 10.7 Å². The molecule has 35 heavy (non-hydrogen) atoms. The maximum Gasteiger partial charge on any atom is 0.138 e. The molecular weight excluding hydrogens is 426 g/mol. The van der Waals surface area contributed by atoms with Crippen molar-refractivity contribution in [3.8, 4) is 0 Å². The van der Waals surface area contributed by atoms with E-state index in [-0.39, 0.29) is 0 Å². The number of fused-ring (bicyclic) bond motifs is 5. The van der Waals surface area contributed by atoms with Gasteiger partial charge in [-0.1, -0.05) is 73.4 Å². The van der Waals surface area contributed by atoms with E-state index in [4.69, 9.17) is 4.98 Å². The number of rotatable bonds is 5. The topological polar surface area (TPSA) is 30.2 Å². The predicted molar refractivity (Wildman–Crippen MR) is 146 cm³/mol. The van der Waals surface area contributed by atoms with Gasteiger partial charge >= 0.3 is 0 Å². The number of nitrogens with zero attached hydrogens (tertiary/aromatic N) is 3. The highest BCUT2D eigenvalue weighted by Crippen LogP contribution is 2.26. The zero-order valence-electron chi connectivity index (χ0n) is 19.7. The molecule has 0 saturated carbocycles. The fourth-order valence-electron chi connectivity index (χ4n) is 4.98. The molecule has 2 aliphatic carbocycles. The Balaban J connectivity index is 1.49. The largest absolute Gasteiger partial charge is 0.291 e. The Bertz CT molecular complexity index is 1690. The monoisotopic (exact) mass is 453 g/mol. The molecule has 3 aromatic heterocycles. The van der Waals surface area contributed by atoms with E-state index in [1.807, 2.05) is 24.5 Å². The number of hydrogen-bond donors (Lipinski definition) is 0. The number of hydrogen-bond acceptors (Lipinski definition) is 2. The Labute approximate surface area is 205 Å². The van der Waals surface area contributed by atoms with E-state index in [1.165, 1.54) is 22.3 Å². The van der Waals surface area contributed by atoms with Crippen LogP contribution in [0.1, 0.15) is 31.2 Å². The minimum atomic E-state index is 0.937. The van der Waals surface area contributed by atoms with E-state index in [2.05, 4.69) is 94.9 Å². The van der Waals surface area contributed by atoms with Gasteiger partial charge in [0.15, 0.2) is 0 Å². The van der Waals surface area contributed by atoms with Gasteiger partial charge in [0.2, 0.25) is 0 Å². The third-order valence-electron chi connectivity index (χ3n) is 6.74. The van der Waals surface area contributed by atoms with Crippen molar-refractivity contribution in [3.05, 3.63) is 131 Å². The molecule has 0 unspecified atom stereocenters. The second-order valence-corrected chi connectivity index (χ2v) is 9.04. The van der Waals surface area contributed by atoms with Crippen LogP contribution in [0.25, 0.3) is 34.3 Å². The third-order valence-corrected chi connectivity index (χ3v) is 6.74. The molecule has 0 radical (unpaired) electrons. The number of aromatic nitrogens is 3. The molecule has 3 heteroatoms. The first-order valence-corrected chi connectivity index (χ1v) is 12.2. The van der Waals surface area contributed by atoms with E-state index in [0.717, 1.165) is 58.5 Å². The lowest BCUT2D eigenvalue weighted by Crippen LogP contribution is -2.32. The van der Waals surface area contributed by atoms with Gasteiger partial charge in [0.25, 0.3) is 0 Å². The van der Waals surface area contributed by atoms with Crippen LogP contribution in [0.3, 0.4) is 0 Å². The van der Waals surface area contributed by atoms with Gasteiger partial charge in [0.05, 0.1) is 22.4 Å². The average Bonchev–Trinajstić information content (AvgIpc) is 3.31. The molecule has 0 atom stereocenters. The SMILES string of the molecule is C=C(/C=C(\C=C\c1ccccc1)C1=CCCC=C1)C1=c2nc3ccc4ccncc4n3c2=CCC1. The first kappa shape index (κ1) is 21.3. The van der Waals surface area contributed by atoms with E-state index in [9.17, 15) is 0 Å². The molecule has 2 aliphatic rings. The summed E-state index contributed by atoms with van der Waals surface area (Å²) in [5.74, 6) is 0. The number of pyridine rings is 2. The summed E-state index contributed by atoms with van der Waals surface area (Å²) >= 11 is 0. The molecule has 1 aromatic carbocycles. The van der Waals surface area contributed by atoms with Gasteiger partial charge in [0.1, 0.15) is 5.65 Å². The smallest absolute Gasteiger partial charge is 0.138 e. The van der Waals surface area contributed by atoms with Gasteiger partial charge in [-0.3, -0.25) is 9.38 Å². The average molecular weight is 454 g/mol. The summed E-state index contributed by atoms with van der Waals surface area (Å²) in [7, 11) is 0. The molecule has 3 heterocycles. The van der Waals surface area contributed by atoms with Gasteiger partial charge in [0, 0.05) is 11.6 Å². The van der Waals surface area contributed by atoms with E-state index in [1.54, 1.807) is 0 Å². The molecule has 3 nitrogen and oxygen atoms in total. The van der Waals surface area contributed by atoms with Crippen LogP contribution in [0.15, 0.2) is 115 Å². The van der Waals surface area contributed by atoms with Gasteiger partial charge in [-0.25, -0.2) is 4.98 Å². The summed E-state index contributed by atoms with van der Waals surface area (Å²) in [5, 5.41) is 3.34. The summed E-state index contributed by atoms with van der Waals surface area (Å²) in [6.45, 7) is 4.53. The lowest BCUT2D eigenvalue weighted by atomic mass is 9.92. The van der Waals surface area contributed by atoms with Crippen molar-refractivity contribution in [1.82, 2.24) is 14.4 Å². The zero-order chi connectivity index (χ0) is 23.6. The van der Waals surface area contributed by atoms with Crippen LogP contribution in [-0.2, 0) is 0 Å². The molecule has 0 saturated heterocycles. The quantitative estimate of drug-likeness (QED) is 0.343. The lowest BCUT2D eigenvalue weighted by Gasteiger charge is -2.13. The fraction of sp³-hybridized carbons (Fsp3) is 0.125. The third kappa shape index (κ3) is 4.10. The summed E-state index contributed by atoms with van der Waals surface area (Å²) in [6.07, 6.45) is 23.6. The van der Waals surface area contributed by atoms with Gasteiger partial charge in [-0.05, 0) is 77.8 Å². The van der Waals surface area contributed by atoms with E-state index < -0.39 is 0 Å². The number of allylic oxidation sites excluding steroid dienone is 8. The standard InChI is InChI=1S/C32H27N3/c1-23(21-27(25-11-6-3-7-12-25)16-15-24-9-4-2-5-10-24)28-13-8-14-29-32(28)34-31-18-17-26-19-20-33-22-30(26)35(29)31/h2,4-6,9-12,14-22H,1,3,7-8,13H2/b16-15+,27-21+. The first-order valence-electron chi connectivity index (χ1n) is 12.2. The summed E-state index contributed by atoms with van der Waals surface area (Å²) in [4.78, 5) is 9.42. The fourth-order valence-corrected chi connectivity index (χ4v) is 4.98. The molecule has 4 aromatic rings. The first-order chi connectivity index (χ1) is 17.3. The van der Waals surface area contributed by atoms with Crippen molar-refractivity contribution >= 4 is 34.3 Å². The van der Waals surface area contributed by atoms with Crippen LogP contribution in [0.5, 0.6) is 0 Å². The molecule has 0 spiro atoms. The maximum atomic E-state index is 5.05. The Hall–Kier alpha value is -4.24. The van der Waals surface area contributed by atoms with Crippen LogP contribution in [0.4, 0.5) is 0 Å². The summed E-state index contributed by atoms with van der Waals surface area (Å²) in [5.41, 5.74) is 7.89. The van der Waals surface area contributed by atoms with E-state index >= 15 is 0 Å². The van der Waals surface area contributed by atoms with Crippen molar-refractivity contribution in [3.63, 3.8) is 0 Å². The van der Waals surface area contributed by atoms with Crippen molar-refractivity contribution in [2.45, 2.75) is 25.7 Å². The highest BCUT2D eigenvalue weighted by Gasteiger charge is 2.14. The van der Waals surface area contributed by atoms with Crippen LogP contribution in [0.2, 0.25) is 0 Å². The Kier molecular flexibility index (Phi) is 5.59. The van der Waals surface area contributed by atoms with Crippen molar-refractivity contribution in [2.75, 3.05) is 0 Å². The van der Waals surface area contributed by atoms with Gasteiger partial charge in [-0.15, -0.1) is 0 Å². The lowest BCUT2D eigenvalue weighted by molar-refractivity contribution is 1.02. The van der Waals surface area contributed by atoms with Crippen molar-refractivity contribution < 1.29 is 0 Å². The Morgan fingerprint density at radius 3 is 2.74 bits per heavy atom. The molecule has 0 fully saturated rings. The minimum absolute atomic E-state index is 0.937. The number of benzene rings is 1. The van der Waals surface area contributed by atoms with Crippen LogP contribution in [0, 0.1) is 0 Å². The maximum absolute atomic E-state index is 5.05. The van der Waals surface area contributed by atoms with Crippen molar-refractivity contribution in [1.29, 1.82) is 0 Å². The van der Waals surface area contributed by atoms with Crippen LogP contribution in [-0.4, -0.2) is 14.4 Å². The molecule has 0 N–H and O–H groups in total. The zero-order valence-corrected chi connectivity index (χ0v) is 19.7. The molecular formula is C32H27N3. The predicted octanol–water partition coefficient (Wildman–Crippen LogP) is 6.08. The summed E-state index contributed by atoms with van der Waals surface area (Å²) < 4.78 is 2.23. The second kappa shape index (κ2) is 9.19. The van der Waals surface area contributed by atoms with E-state index in [0.29, 0.717) is 0 Å². The summed E-state index contributed by atoms with van der Waals surface area (Å²) in [6, 6.07) is 16.7. The van der Waals surface area contributed by atoms with Crippen LogP contribution >= 0.6 is 0 Å². The highest BCUT2D eigenvalue weighted by molar-refractivity contribution is 5.82. The van der Waals surface area contributed by atoms with Gasteiger partial charge in [-0.2, -0.15) is 0 Å². The highest BCUT2D eigenvalue weighted by atomic mass is 15.0. The normalized spacial score (nSPS) is 15.9.